The molecule has 1 saturated heterocycles. The number of esters is 2. The number of carbonyl (C=O) groups is 3. The Bertz CT molecular complexity index is 1340. The first-order valence-electron chi connectivity index (χ1n) is 12.6. The third-order valence-electron chi connectivity index (χ3n) is 6.05. The summed E-state index contributed by atoms with van der Waals surface area (Å²) in [5.74, 6) is 5.64. The molecular weight excluding hydrogens is 536 g/mol. The number of amides is 1. The molecule has 3 heterocycles. The number of ether oxygens (including phenoxy) is 3. The number of hydrogen-bond donors (Lipinski definition) is 0. The minimum absolute atomic E-state index is 0.296. The van der Waals surface area contributed by atoms with Crippen LogP contribution in [0, 0.1) is 11.8 Å². The van der Waals surface area contributed by atoms with Crippen molar-refractivity contribution in [3.05, 3.63) is 79.7 Å². The van der Waals surface area contributed by atoms with Gasteiger partial charge in [0.15, 0.2) is 0 Å². The summed E-state index contributed by atoms with van der Waals surface area (Å²) in [4.78, 5) is 37.7. The number of hydrogen-bond acceptors (Lipinski definition) is 9. The molecule has 1 unspecified atom stereocenters. The maximum absolute atomic E-state index is 12.6. The normalized spacial score (nSPS) is 14.2. The van der Waals surface area contributed by atoms with E-state index in [9.17, 15) is 14.4 Å². The lowest BCUT2D eigenvalue weighted by atomic mass is 10.0. The molecule has 3 aromatic rings. The van der Waals surface area contributed by atoms with Gasteiger partial charge in [-0.25, -0.2) is 19.6 Å². The zero-order valence-electron chi connectivity index (χ0n) is 21.9. The predicted molar refractivity (Wildman–Crippen MR) is 150 cm³/mol. The number of hydrazine groups is 1. The molecule has 0 aliphatic carbocycles. The average Bonchev–Trinajstić information content (AvgIpc) is 3.62. The van der Waals surface area contributed by atoms with Crippen molar-refractivity contribution in [1.29, 1.82) is 0 Å². The van der Waals surface area contributed by atoms with Crippen LogP contribution in [0.1, 0.15) is 44.6 Å². The van der Waals surface area contributed by atoms with Crippen LogP contribution < -0.4 is 0 Å². The summed E-state index contributed by atoms with van der Waals surface area (Å²) in [5, 5.41) is 7.54. The van der Waals surface area contributed by atoms with Crippen LogP contribution in [0.15, 0.2) is 53.2 Å². The summed E-state index contributed by atoms with van der Waals surface area (Å²) < 4.78 is 15.7. The number of rotatable bonds is 10. The van der Waals surface area contributed by atoms with Crippen LogP contribution in [0.3, 0.4) is 0 Å². The van der Waals surface area contributed by atoms with Crippen LogP contribution in [-0.2, 0) is 31.8 Å². The Hall–Kier alpha value is -3.65. The van der Waals surface area contributed by atoms with E-state index in [-0.39, 0.29) is 18.0 Å². The van der Waals surface area contributed by atoms with Crippen molar-refractivity contribution in [2.45, 2.75) is 32.3 Å². The number of carbonyl (C=O) groups excluding carboxylic acids is 3. The van der Waals surface area contributed by atoms with E-state index in [1.54, 1.807) is 22.4 Å². The van der Waals surface area contributed by atoms with Crippen LogP contribution in [0.5, 0.6) is 0 Å². The van der Waals surface area contributed by atoms with Crippen LogP contribution in [0.25, 0.3) is 0 Å². The van der Waals surface area contributed by atoms with E-state index in [1.807, 2.05) is 52.2 Å². The molecule has 39 heavy (non-hydrogen) atoms. The Morgan fingerprint density at radius 1 is 1.13 bits per heavy atom. The van der Waals surface area contributed by atoms with E-state index >= 15 is 0 Å². The molecule has 0 spiro atoms. The highest BCUT2D eigenvalue weighted by Gasteiger charge is 2.28. The van der Waals surface area contributed by atoms with E-state index in [4.69, 9.17) is 14.2 Å². The first-order chi connectivity index (χ1) is 18.9. The second-order valence-electron chi connectivity index (χ2n) is 8.89. The van der Waals surface area contributed by atoms with Crippen molar-refractivity contribution in [3.63, 3.8) is 0 Å². The quantitative estimate of drug-likeness (QED) is 0.199. The molecule has 1 aliphatic rings. The molecule has 0 bridgehead atoms. The van der Waals surface area contributed by atoms with Crippen molar-refractivity contribution in [3.8, 4) is 11.8 Å². The van der Waals surface area contributed by atoms with Crippen LogP contribution >= 0.6 is 22.7 Å². The maximum atomic E-state index is 12.6. The smallest absolute Gasteiger partial charge is 0.424 e. The topological polar surface area (TPSA) is 85.4 Å². The molecule has 1 aliphatic heterocycles. The van der Waals surface area contributed by atoms with Crippen LogP contribution in [-0.4, -0.2) is 67.5 Å². The molecule has 1 amide bonds. The summed E-state index contributed by atoms with van der Waals surface area (Å²) in [7, 11) is 1.35. The van der Waals surface area contributed by atoms with E-state index in [0.717, 1.165) is 21.6 Å². The van der Waals surface area contributed by atoms with Crippen molar-refractivity contribution < 1.29 is 28.6 Å². The molecule has 10 heteroatoms. The lowest BCUT2D eigenvalue weighted by molar-refractivity contribution is -0.147. The number of thiophene rings is 2. The molecule has 1 fully saturated rings. The molecule has 1 aromatic carbocycles. The van der Waals surface area contributed by atoms with Gasteiger partial charge >= 0.3 is 18.0 Å². The van der Waals surface area contributed by atoms with Gasteiger partial charge in [-0.2, -0.15) is 11.3 Å². The van der Waals surface area contributed by atoms with Gasteiger partial charge in [-0.3, -0.25) is 4.79 Å². The van der Waals surface area contributed by atoms with Gasteiger partial charge in [-0.05, 0) is 47.7 Å². The Morgan fingerprint density at radius 3 is 2.74 bits per heavy atom. The van der Waals surface area contributed by atoms with Gasteiger partial charge in [0.2, 0.25) is 0 Å². The molecule has 8 nitrogen and oxygen atoms in total. The highest BCUT2D eigenvalue weighted by molar-refractivity contribution is 7.13. The molecule has 204 valence electrons. The summed E-state index contributed by atoms with van der Waals surface area (Å²) in [6.45, 7) is 3.17. The Balaban J connectivity index is 1.38. The first kappa shape index (κ1) is 28.4. The third kappa shape index (κ3) is 8.42. The SMILES string of the molecule is COC(=O)c1ccc(CCN2C(=O)OCCN2CCC(Cc2cccc(C#Cc3ccsc3)c2)OC(C)=O)s1. The molecule has 0 radical (unpaired) electrons. The lowest BCUT2D eigenvalue weighted by Crippen LogP contribution is -2.54. The van der Waals surface area contributed by atoms with Crippen molar-refractivity contribution in [2.75, 3.05) is 33.4 Å². The third-order valence-corrected chi connectivity index (χ3v) is 7.86. The van der Waals surface area contributed by atoms with Gasteiger partial charge in [0, 0.05) is 54.2 Å². The highest BCUT2D eigenvalue weighted by atomic mass is 32.1. The minimum atomic E-state index is -0.410. The van der Waals surface area contributed by atoms with Gasteiger partial charge in [0.25, 0.3) is 0 Å². The lowest BCUT2D eigenvalue weighted by Gasteiger charge is -2.38. The number of methoxy groups -OCH3 is 1. The summed E-state index contributed by atoms with van der Waals surface area (Å²) >= 11 is 2.96. The Labute approximate surface area is 236 Å². The maximum Gasteiger partial charge on any atom is 0.424 e. The molecule has 1 atom stereocenters. The van der Waals surface area contributed by atoms with Crippen LogP contribution in [0.4, 0.5) is 4.79 Å². The Kier molecular flexibility index (Phi) is 10.1. The van der Waals surface area contributed by atoms with E-state index in [2.05, 4.69) is 11.8 Å². The molecule has 0 saturated carbocycles. The first-order valence-corrected chi connectivity index (χ1v) is 14.3. The summed E-state index contributed by atoms with van der Waals surface area (Å²) in [6.07, 6.45) is 0.880. The number of nitrogens with zero attached hydrogens (tertiary/aromatic N) is 2. The summed E-state index contributed by atoms with van der Waals surface area (Å²) in [6, 6.07) is 13.5. The van der Waals surface area contributed by atoms with Crippen molar-refractivity contribution >= 4 is 40.7 Å². The average molecular weight is 567 g/mol. The molecular formula is C29H30N2O6S2. The molecule has 2 aromatic heterocycles. The van der Waals surface area contributed by atoms with Gasteiger partial charge in [-0.15, -0.1) is 11.3 Å². The van der Waals surface area contributed by atoms with Gasteiger partial charge < -0.3 is 14.2 Å². The second-order valence-corrected chi connectivity index (χ2v) is 10.8. The van der Waals surface area contributed by atoms with E-state index < -0.39 is 6.09 Å². The van der Waals surface area contributed by atoms with Crippen molar-refractivity contribution in [1.82, 2.24) is 10.0 Å². The molecule has 0 N–H and O–H groups in total. The fourth-order valence-electron chi connectivity index (χ4n) is 4.20. The van der Waals surface area contributed by atoms with Gasteiger partial charge in [0.1, 0.15) is 17.6 Å². The minimum Gasteiger partial charge on any atom is -0.465 e. The fraction of sp³-hybridized carbons (Fsp3) is 0.345. The molecule has 4 rings (SSSR count). The van der Waals surface area contributed by atoms with E-state index in [0.29, 0.717) is 50.4 Å². The fourth-order valence-corrected chi connectivity index (χ4v) is 5.70. The number of cyclic esters (lactones) is 1. The van der Waals surface area contributed by atoms with Gasteiger partial charge in [-0.1, -0.05) is 24.0 Å². The van der Waals surface area contributed by atoms with E-state index in [1.165, 1.54) is 25.4 Å². The highest BCUT2D eigenvalue weighted by Crippen LogP contribution is 2.20. The van der Waals surface area contributed by atoms with Gasteiger partial charge in [0.05, 0.1) is 13.7 Å². The predicted octanol–water partition coefficient (Wildman–Crippen LogP) is 4.77. The standard InChI is InChI=1S/C29H30N2O6S2/c1-21(32)37-25(19-24-5-3-4-22(18-24)6-7-23-12-17-38-20-23)10-13-30-15-16-36-29(34)31(30)14-11-26-8-9-27(39-26)28(33)35-2/h3-5,8-9,12,17-18,20,25H,10-11,13-16,19H2,1-2H3. The second kappa shape index (κ2) is 13.9. The zero-order valence-corrected chi connectivity index (χ0v) is 23.5. The van der Waals surface area contributed by atoms with Crippen molar-refractivity contribution in [2.24, 2.45) is 0 Å². The zero-order chi connectivity index (χ0) is 27.6. The monoisotopic (exact) mass is 566 g/mol. The van der Waals surface area contributed by atoms with Crippen LogP contribution in [0.2, 0.25) is 0 Å². The summed E-state index contributed by atoms with van der Waals surface area (Å²) in [5.41, 5.74) is 2.90. The Morgan fingerprint density at radius 2 is 1.97 bits per heavy atom. The largest absolute Gasteiger partial charge is 0.465 e. The number of benzene rings is 1.